The molecule has 10 aromatic carbocycles. The van der Waals surface area contributed by atoms with E-state index in [-0.39, 0.29) is 0 Å². The van der Waals surface area contributed by atoms with Crippen LogP contribution in [0.4, 0.5) is 0 Å². The summed E-state index contributed by atoms with van der Waals surface area (Å²) in [4.78, 5) is 0. The van der Waals surface area contributed by atoms with Crippen molar-refractivity contribution in [3.8, 4) is 50.2 Å². The molecule has 0 fully saturated rings. The second-order valence-electron chi connectivity index (χ2n) is 17.2. The summed E-state index contributed by atoms with van der Waals surface area (Å²) in [5.74, 6) is 0. The van der Waals surface area contributed by atoms with Crippen LogP contribution >= 0.6 is 0 Å². The van der Waals surface area contributed by atoms with Gasteiger partial charge in [-0.3, -0.25) is 0 Å². The van der Waals surface area contributed by atoms with Gasteiger partial charge in [-0.2, -0.15) is 0 Å². The van der Waals surface area contributed by atoms with Crippen molar-refractivity contribution in [3.63, 3.8) is 0 Å². The van der Waals surface area contributed by atoms with Gasteiger partial charge in [0.15, 0.2) is 0 Å². The van der Waals surface area contributed by atoms with Crippen LogP contribution < -0.4 is 10.4 Å². The molecule has 0 saturated carbocycles. The second kappa shape index (κ2) is 12.8. The first-order valence-corrected chi connectivity index (χ1v) is 24.2. The van der Waals surface area contributed by atoms with Gasteiger partial charge in [0.1, 0.15) is 19.2 Å². The number of rotatable bonds is 4. The average Bonchev–Trinajstić information content (AvgIpc) is 3.93. The number of hydrogen-bond acceptors (Lipinski definition) is 1. The van der Waals surface area contributed by atoms with Crippen LogP contribution in [0.3, 0.4) is 0 Å². The van der Waals surface area contributed by atoms with Crippen LogP contribution in [-0.2, 0) is 0 Å². The van der Waals surface area contributed by atoms with E-state index in [4.69, 9.17) is 4.42 Å². The molecule has 0 spiro atoms. The molecule has 0 bridgehead atoms. The first-order chi connectivity index (χ1) is 30.0. The monoisotopic (exact) mass is 793 g/mol. The summed E-state index contributed by atoms with van der Waals surface area (Å²) in [5, 5.41) is 12.9. The Hall–Kier alpha value is -7.46. The zero-order chi connectivity index (χ0) is 40.4. The molecule has 1 aliphatic rings. The normalized spacial score (nSPS) is 13.2. The van der Waals surface area contributed by atoms with E-state index in [1.165, 1.54) is 98.4 Å². The minimum atomic E-state index is -2.13. The van der Waals surface area contributed by atoms with Crippen LogP contribution in [0.1, 0.15) is 0 Å². The molecule has 3 heteroatoms. The number of nitrogens with zero attached hydrogens (tertiary/aromatic N) is 1. The molecule has 286 valence electrons. The van der Waals surface area contributed by atoms with E-state index < -0.39 is 8.07 Å². The van der Waals surface area contributed by atoms with E-state index in [2.05, 4.69) is 212 Å². The number of para-hydroxylation sites is 2. The molecule has 0 N–H and O–H groups in total. The molecule has 0 unspecified atom stereocenters. The van der Waals surface area contributed by atoms with Gasteiger partial charge in [0.05, 0.1) is 11.0 Å². The van der Waals surface area contributed by atoms with Gasteiger partial charge in [0.25, 0.3) is 0 Å². The third kappa shape index (κ3) is 5.02. The quantitative estimate of drug-likeness (QED) is 0.162. The van der Waals surface area contributed by atoms with E-state index in [0.29, 0.717) is 0 Å². The van der Waals surface area contributed by atoms with Gasteiger partial charge < -0.3 is 8.98 Å². The van der Waals surface area contributed by atoms with Gasteiger partial charge in [0.2, 0.25) is 0 Å². The molecule has 1 aliphatic heterocycles. The zero-order valence-electron chi connectivity index (χ0n) is 33.9. The van der Waals surface area contributed by atoms with Crippen LogP contribution in [0.25, 0.3) is 115 Å². The Kier molecular flexibility index (Phi) is 7.20. The van der Waals surface area contributed by atoms with Gasteiger partial charge in [-0.25, -0.2) is 0 Å². The molecule has 3 heterocycles. The maximum Gasteiger partial charge on any atom is 0.143 e. The Labute approximate surface area is 354 Å². The number of hydrogen-bond donors (Lipinski definition) is 0. The third-order valence-corrected chi connectivity index (χ3v) is 17.1. The molecule has 0 radical (unpaired) electrons. The van der Waals surface area contributed by atoms with Gasteiger partial charge in [-0.1, -0.05) is 171 Å². The summed E-state index contributed by atoms with van der Waals surface area (Å²) in [6.07, 6.45) is 0. The summed E-state index contributed by atoms with van der Waals surface area (Å²) in [6.45, 7) is 5.04. The molecule has 0 aliphatic carbocycles. The summed E-state index contributed by atoms with van der Waals surface area (Å²) in [5.41, 5.74) is 15.6. The fourth-order valence-corrected chi connectivity index (χ4v) is 13.7. The van der Waals surface area contributed by atoms with Gasteiger partial charge >= 0.3 is 0 Å². The lowest BCUT2D eigenvalue weighted by Gasteiger charge is -2.20. The van der Waals surface area contributed by atoms with E-state index in [1.807, 2.05) is 6.07 Å². The molecule has 13 rings (SSSR count). The highest BCUT2D eigenvalue weighted by molar-refractivity contribution is 7.03. The fraction of sp³-hybridized carbons (Fsp3) is 0.0345. The number of benzene rings is 10. The summed E-state index contributed by atoms with van der Waals surface area (Å²) in [7, 11) is -2.13. The Morgan fingerprint density at radius 3 is 1.52 bits per heavy atom. The van der Waals surface area contributed by atoms with Crippen LogP contribution in [0.5, 0.6) is 0 Å². The standard InChI is InChI=1S/C58H39NOSi/c1-61(2)56-34-40(46-21-11-22-50-47-18-7-8-23-55(47)60-58(46)50)24-28-48(56)49-29-27-41(35-57(49)61)59-53-30-25-38(44-19-9-14-36-12-3-5-16-42(36)44)32-51(53)52-33-39(26-31-54(52)59)45-20-10-15-37-13-4-6-17-43(37)45/h3-35H,1-2H3. The van der Waals surface area contributed by atoms with Crippen molar-refractivity contribution >= 4 is 83.7 Å². The highest BCUT2D eigenvalue weighted by Crippen LogP contribution is 2.42. The first-order valence-electron chi connectivity index (χ1n) is 21.2. The van der Waals surface area contributed by atoms with Crippen molar-refractivity contribution < 1.29 is 4.42 Å². The fourth-order valence-electron chi connectivity index (χ4n) is 10.6. The van der Waals surface area contributed by atoms with Crippen molar-refractivity contribution in [2.75, 3.05) is 0 Å². The second-order valence-corrected chi connectivity index (χ2v) is 21.6. The van der Waals surface area contributed by atoms with Gasteiger partial charge in [-0.05, 0) is 113 Å². The van der Waals surface area contributed by atoms with Gasteiger partial charge in [-0.15, -0.1) is 0 Å². The van der Waals surface area contributed by atoms with E-state index in [1.54, 1.807) is 0 Å². The highest BCUT2D eigenvalue weighted by Gasteiger charge is 2.38. The lowest BCUT2D eigenvalue weighted by Crippen LogP contribution is -2.49. The SMILES string of the molecule is C[Si]1(C)c2cc(-c3cccc4c3oc3ccccc34)ccc2-c2ccc(-n3c4ccc(-c5cccc6ccccc56)cc4c4cc(-c5cccc6ccccc56)ccc43)cc21. The van der Waals surface area contributed by atoms with Crippen molar-refractivity contribution in [3.05, 3.63) is 200 Å². The third-order valence-electron chi connectivity index (χ3n) is 13.6. The number of fused-ring (bicyclic) bond motifs is 11. The lowest BCUT2D eigenvalue weighted by molar-refractivity contribution is 0.670. The number of furan rings is 1. The maximum atomic E-state index is 6.51. The molecule has 12 aromatic rings. The Morgan fingerprint density at radius 2 is 0.852 bits per heavy atom. The molecule has 0 saturated heterocycles. The topological polar surface area (TPSA) is 18.1 Å². The van der Waals surface area contributed by atoms with E-state index >= 15 is 0 Å². The number of aromatic nitrogens is 1. The zero-order valence-corrected chi connectivity index (χ0v) is 34.9. The van der Waals surface area contributed by atoms with Crippen molar-refractivity contribution in [2.45, 2.75) is 13.1 Å². The minimum Gasteiger partial charge on any atom is -0.455 e. The molecular weight excluding hydrogens is 755 g/mol. The Bertz CT molecular complexity index is 3660. The van der Waals surface area contributed by atoms with Crippen LogP contribution in [0.2, 0.25) is 13.1 Å². The van der Waals surface area contributed by atoms with Crippen LogP contribution in [0, 0.1) is 0 Å². The lowest BCUT2D eigenvalue weighted by atomic mass is 9.95. The van der Waals surface area contributed by atoms with Gasteiger partial charge in [0, 0.05) is 32.8 Å². The van der Waals surface area contributed by atoms with Crippen molar-refractivity contribution in [1.29, 1.82) is 0 Å². The highest BCUT2D eigenvalue weighted by atomic mass is 28.3. The minimum absolute atomic E-state index is 0.931. The smallest absolute Gasteiger partial charge is 0.143 e. The summed E-state index contributed by atoms with van der Waals surface area (Å²) >= 11 is 0. The maximum absolute atomic E-state index is 6.51. The van der Waals surface area contributed by atoms with E-state index in [9.17, 15) is 0 Å². The molecule has 61 heavy (non-hydrogen) atoms. The summed E-state index contributed by atoms with van der Waals surface area (Å²) < 4.78 is 9.02. The first kappa shape index (κ1) is 34.4. The molecule has 0 atom stereocenters. The predicted octanol–water partition coefficient (Wildman–Crippen LogP) is 14.8. The van der Waals surface area contributed by atoms with E-state index in [0.717, 1.165) is 27.5 Å². The molecular formula is C58H39NOSi. The molecule has 2 aromatic heterocycles. The molecule has 0 amide bonds. The largest absolute Gasteiger partial charge is 0.455 e. The van der Waals surface area contributed by atoms with Crippen LogP contribution in [-0.4, -0.2) is 12.6 Å². The van der Waals surface area contributed by atoms with Crippen molar-refractivity contribution in [2.24, 2.45) is 0 Å². The van der Waals surface area contributed by atoms with Crippen molar-refractivity contribution in [1.82, 2.24) is 4.57 Å². The average molecular weight is 794 g/mol. The Balaban J connectivity index is 0.987. The predicted molar refractivity (Wildman–Crippen MR) is 262 cm³/mol. The molecule has 2 nitrogen and oxygen atoms in total. The Morgan fingerprint density at radius 1 is 0.361 bits per heavy atom. The summed E-state index contributed by atoms with van der Waals surface area (Å²) in [6, 6.07) is 74.2. The van der Waals surface area contributed by atoms with Crippen LogP contribution in [0.15, 0.2) is 205 Å².